The van der Waals surface area contributed by atoms with E-state index < -0.39 is 5.97 Å². The van der Waals surface area contributed by atoms with Crippen LogP contribution >= 0.6 is 0 Å². The van der Waals surface area contributed by atoms with Crippen LogP contribution in [-0.2, 0) is 9.53 Å². The number of hydrogen-bond donors (Lipinski definition) is 1. The van der Waals surface area contributed by atoms with Gasteiger partial charge in [-0.05, 0) is 66.8 Å². The summed E-state index contributed by atoms with van der Waals surface area (Å²) in [5, 5.41) is 22.2. The van der Waals surface area contributed by atoms with E-state index >= 15 is 0 Å². The second kappa shape index (κ2) is 10.8. The van der Waals surface area contributed by atoms with Crippen molar-refractivity contribution in [2.45, 2.75) is 50.5 Å². The Morgan fingerprint density at radius 3 is 2.24 bits per heavy atom. The van der Waals surface area contributed by atoms with Crippen molar-refractivity contribution in [1.82, 2.24) is 10.2 Å². The molecular formula is C25H26N3NaO4. The van der Waals surface area contributed by atoms with Crippen molar-refractivity contribution in [2.75, 3.05) is 11.9 Å². The molecule has 0 amide bonds. The zero-order valence-corrected chi connectivity index (χ0v) is 20.8. The summed E-state index contributed by atoms with van der Waals surface area (Å²) in [4.78, 5) is 10.8. The van der Waals surface area contributed by atoms with Crippen LogP contribution in [0.2, 0.25) is 0 Å². The topological polar surface area (TPSA) is 100 Å². The standard InChI is InChI=1S/C25H27N3O4.Na/c29-23(30)14-16-4-13-22(31-15-16)19-7-5-17(6-8-19)18-9-11-21(12-10-18)26-25-28-27-24(32-25)20-2-1-3-20;/h5-12,16,20,22H,1-4,13-15H2,(H,26,28)(H,29,30);/q;+1/p-1/t16-,22-;/m1./s1. The van der Waals surface area contributed by atoms with Crippen LogP contribution in [0.4, 0.5) is 11.7 Å². The van der Waals surface area contributed by atoms with Crippen LogP contribution < -0.4 is 40.0 Å². The first-order valence-electron chi connectivity index (χ1n) is 11.3. The molecule has 2 atom stereocenters. The number of carbonyl (C=O) groups excluding carboxylic acids is 1. The number of carbonyl (C=O) groups is 1. The molecule has 166 valence electrons. The second-order valence-corrected chi connectivity index (χ2v) is 8.74. The Kier molecular flexibility index (Phi) is 7.86. The number of ether oxygens (including phenoxy) is 1. The van der Waals surface area contributed by atoms with Gasteiger partial charge in [-0.15, -0.1) is 5.10 Å². The fourth-order valence-electron chi connectivity index (χ4n) is 4.33. The number of benzene rings is 2. The Morgan fingerprint density at radius 1 is 0.970 bits per heavy atom. The molecule has 2 aromatic carbocycles. The van der Waals surface area contributed by atoms with Crippen LogP contribution in [0, 0.1) is 5.92 Å². The predicted molar refractivity (Wildman–Crippen MR) is 117 cm³/mol. The molecule has 33 heavy (non-hydrogen) atoms. The van der Waals surface area contributed by atoms with E-state index in [1.54, 1.807) is 0 Å². The number of hydrogen-bond acceptors (Lipinski definition) is 7. The van der Waals surface area contributed by atoms with Gasteiger partial charge in [0.15, 0.2) is 0 Å². The van der Waals surface area contributed by atoms with Gasteiger partial charge >= 0.3 is 35.6 Å². The van der Waals surface area contributed by atoms with E-state index in [0.29, 0.717) is 18.5 Å². The first kappa shape index (κ1) is 24.0. The molecule has 0 radical (unpaired) electrons. The fourth-order valence-corrected chi connectivity index (χ4v) is 4.33. The maximum absolute atomic E-state index is 10.8. The Labute approximate surface area is 215 Å². The average Bonchev–Trinajstić information content (AvgIpc) is 3.21. The first-order chi connectivity index (χ1) is 15.6. The molecule has 1 aliphatic heterocycles. The summed E-state index contributed by atoms with van der Waals surface area (Å²) in [5.41, 5.74) is 4.26. The van der Waals surface area contributed by atoms with Gasteiger partial charge in [0.25, 0.3) is 0 Å². The van der Waals surface area contributed by atoms with Gasteiger partial charge in [0.1, 0.15) is 0 Å². The van der Waals surface area contributed by atoms with E-state index in [-0.39, 0.29) is 48.0 Å². The van der Waals surface area contributed by atoms with E-state index in [9.17, 15) is 9.90 Å². The van der Waals surface area contributed by atoms with E-state index in [1.165, 1.54) is 6.42 Å². The number of carboxylic acids is 1. The van der Waals surface area contributed by atoms with Gasteiger partial charge in [-0.3, -0.25) is 0 Å². The Hall–Kier alpha value is -2.19. The third-order valence-corrected chi connectivity index (χ3v) is 6.47. The largest absolute Gasteiger partial charge is 1.00 e. The third-order valence-electron chi connectivity index (χ3n) is 6.47. The van der Waals surface area contributed by atoms with Gasteiger partial charge in [-0.1, -0.05) is 47.9 Å². The van der Waals surface area contributed by atoms with Gasteiger partial charge < -0.3 is 24.4 Å². The van der Waals surface area contributed by atoms with Crippen LogP contribution in [0.3, 0.4) is 0 Å². The van der Waals surface area contributed by atoms with E-state index in [1.807, 2.05) is 12.1 Å². The molecule has 3 aromatic rings. The Balaban J connectivity index is 0.00000259. The molecule has 1 aromatic heterocycles. The molecule has 8 heteroatoms. The van der Waals surface area contributed by atoms with Gasteiger partial charge in [0.2, 0.25) is 5.89 Å². The van der Waals surface area contributed by atoms with E-state index in [0.717, 1.165) is 54.0 Å². The molecule has 2 fully saturated rings. The van der Waals surface area contributed by atoms with E-state index in [4.69, 9.17) is 9.15 Å². The first-order valence-corrected chi connectivity index (χ1v) is 11.3. The summed E-state index contributed by atoms with van der Waals surface area (Å²) in [7, 11) is 0. The molecule has 1 N–H and O–H groups in total. The molecule has 1 aliphatic carbocycles. The maximum atomic E-state index is 10.8. The minimum atomic E-state index is -1.00. The van der Waals surface area contributed by atoms with Crippen LogP contribution in [-0.4, -0.2) is 22.8 Å². The summed E-state index contributed by atoms with van der Waals surface area (Å²) < 4.78 is 11.6. The van der Waals surface area contributed by atoms with Crippen LogP contribution in [0.25, 0.3) is 11.1 Å². The zero-order valence-electron chi connectivity index (χ0n) is 18.8. The van der Waals surface area contributed by atoms with Crippen LogP contribution in [0.1, 0.15) is 62.0 Å². The number of aromatic nitrogens is 2. The van der Waals surface area contributed by atoms with Crippen molar-refractivity contribution in [2.24, 2.45) is 5.92 Å². The summed E-state index contributed by atoms with van der Waals surface area (Å²) >= 11 is 0. The number of nitrogens with zero attached hydrogens (tertiary/aromatic N) is 2. The van der Waals surface area contributed by atoms with Crippen molar-refractivity contribution in [3.63, 3.8) is 0 Å². The molecule has 5 rings (SSSR count). The monoisotopic (exact) mass is 455 g/mol. The maximum Gasteiger partial charge on any atom is 1.00 e. The second-order valence-electron chi connectivity index (χ2n) is 8.74. The Bertz CT molecular complexity index is 1060. The number of rotatable bonds is 7. The van der Waals surface area contributed by atoms with Gasteiger partial charge in [0, 0.05) is 17.6 Å². The Morgan fingerprint density at radius 2 is 1.67 bits per heavy atom. The molecule has 7 nitrogen and oxygen atoms in total. The van der Waals surface area contributed by atoms with Crippen molar-refractivity contribution in [1.29, 1.82) is 0 Å². The predicted octanol–water partition coefficient (Wildman–Crippen LogP) is 1.36. The van der Waals surface area contributed by atoms with Crippen molar-refractivity contribution < 1.29 is 48.6 Å². The molecule has 0 bridgehead atoms. The average molecular weight is 455 g/mol. The number of nitrogens with one attached hydrogen (secondary N) is 1. The van der Waals surface area contributed by atoms with Gasteiger partial charge in [0.05, 0.1) is 12.7 Å². The van der Waals surface area contributed by atoms with Gasteiger partial charge in [-0.25, -0.2) is 0 Å². The summed E-state index contributed by atoms with van der Waals surface area (Å²) in [6.45, 7) is 0.469. The summed E-state index contributed by atoms with van der Waals surface area (Å²) in [6, 6.07) is 16.9. The minimum absolute atomic E-state index is 0. The molecule has 2 aliphatic rings. The molecule has 2 heterocycles. The fraction of sp³-hybridized carbons (Fsp3) is 0.400. The molecule has 1 saturated heterocycles. The van der Waals surface area contributed by atoms with Crippen molar-refractivity contribution >= 4 is 17.7 Å². The minimum Gasteiger partial charge on any atom is -0.550 e. The molecule has 0 unspecified atom stereocenters. The number of carboxylic acid groups (broad SMARTS) is 1. The third kappa shape index (κ3) is 5.84. The molecule has 0 spiro atoms. The normalized spacial score (nSPS) is 20.5. The SMILES string of the molecule is O=C([O-])C[C@H]1CC[C@H](c2ccc(-c3ccc(Nc4nnc(C5CCC5)o4)cc3)cc2)OC1.[Na+]. The van der Waals surface area contributed by atoms with Crippen molar-refractivity contribution in [3.8, 4) is 11.1 Å². The number of aliphatic carboxylic acids is 1. The van der Waals surface area contributed by atoms with Gasteiger partial charge in [-0.2, -0.15) is 0 Å². The zero-order chi connectivity index (χ0) is 21.9. The number of anilines is 2. The molecular weight excluding hydrogens is 429 g/mol. The van der Waals surface area contributed by atoms with E-state index in [2.05, 4.69) is 51.9 Å². The molecule has 1 saturated carbocycles. The smallest absolute Gasteiger partial charge is 0.550 e. The summed E-state index contributed by atoms with van der Waals surface area (Å²) in [6.07, 6.45) is 5.26. The summed E-state index contributed by atoms with van der Waals surface area (Å²) in [5.74, 6) is 0.204. The van der Waals surface area contributed by atoms with Crippen LogP contribution in [0.15, 0.2) is 52.9 Å². The van der Waals surface area contributed by atoms with Crippen molar-refractivity contribution in [3.05, 3.63) is 60.0 Å². The quantitative estimate of drug-likeness (QED) is 0.537. The van der Waals surface area contributed by atoms with Crippen LogP contribution in [0.5, 0.6) is 0 Å².